The maximum atomic E-state index is 12.9. The third-order valence-corrected chi connectivity index (χ3v) is 5.07. The Bertz CT molecular complexity index is 615. The first-order valence-electron chi connectivity index (χ1n) is 9.69. The normalized spacial score (nSPS) is 17.0. The molecule has 2 rings (SSSR count). The fraction of sp³-hybridized carbons (Fsp3) is 0.600. The molecule has 1 aromatic carbocycles. The molecule has 0 aromatic heterocycles. The van der Waals surface area contributed by atoms with Gasteiger partial charge in [0.2, 0.25) is 5.91 Å². The molecule has 0 radical (unpaired) electrons. The van der Waals surface area contributed by atoms with Gasteiger partial charge in [-0.3, -0.25) is 4.79 Å². The Labute approximate surface area is 160 Å². The van der Waals surface area contributed by atoms with Gasteiger partial charge in [-0.1, -0.05) is 32.4 Å². The molecule has 0 aliphatic carbocycles. The molecule has 0 spiro atoms. The minimum absolute atomic E-state index is 0.0997. The molecule has 4 N–H and O–H groups in total. The van der Waals surface area contributed by atoms with Crippen LogP contribution >= 0.6 is 0 Å². The van der Waals surface area contributed by atoms with Crippen LogP contribution in [0.15, 0.2) is 24.3 Å². The summed E-state index contributed by atoms with van der Waals surface area (Å²) in [7, 11) is 0. The highest BCUT2D eigenvalue weighted by atomic mass is 19.1. The lowest BCUT2D eigenvalue weighted by molar-refractivity contribution is -0.123. The fourth-order valence-electron chi connectivity index (χ4n) is 3.18. The van der Waals surface area contributed by atoms with Gasteiger partial charge in [-0.2, -0.15) is 0 Å². The SMILES string of the molecule is CCCC(NC(=O)NCc1ccc(F)cc1)C(=O)NCC1(C)CCNCC1. The van der Waals surface area contributed by atoms with Crippen molar-refractivity contribution >= 4 is 11.9 Å². The quantitative estimate of drug-likeness (QED) is 0.560. The van der Waals surface area contributed by atoms with Crippen molar-refractivity contribution < 1.29 is 14.0 Å². The maximum absolute atomic E-state index is 12.9. The number of urea groups is 1. The monoisotopic (exact) mass is 378 g/mol. The highest BCUT2D eigenvalue weighted by Crippen LogP contribution is 2.26. The van der Waals surface area contributed by atoms with E-state index < -0.39 is 12.1 Å². The number of rotatable bonds is 8. The van der Waals surface area contributed by atoms with E-state index in [0.29, 0.717) is 13.0 Å². The third kappa shape index (κ3) is 7.17. The van der Waals surface area contributed by atoms with Gasteiger partial charge in [0.15, 0.2) is 0 Å². The van der Waals surface area contributed by atoms with Crippen LogP contribution in [0.2, 0.25) is 0 Å². The third-order valence-electron chi connectivity index (χ3n) is 5.07. The smallest absolute Gasteiger partial charge is 0.315 e. The zero-order valence-corrected chi connectivity index (χ0v) is 16.2. The van der Waals surface area contributed by atoms with E-state index in [2.05, 4.69) is 28.2 Å². The van der Waals surface area contributed by atoms with Crippen molar-refractivity contribution in [1.82, 2.24) is 21.3 Å². The second-order valence-electron chi connectivity index (χ2n) is 7.57. The summed E-state index contributed by atoms with van der Waals surface area (Å²) in [4.78, 5) is 24.7. The first kappa shape index (κ1) is 21.2. The number of piperidine rings is 1. The lowest BCUT2D eigenvalue weighted by atomic mass is 9.81. The number of carbonyl (C=O) groups excluding carboxylic acids is 2. The Morgan fingerprint density at radius 3 is 2.48 bits per heavy atom. The molecule has 1 saturated heterocycles. The molecule has 0 saturated carbocycles. The van der Waals surface area contributed by atoms with Gasteiger partial charge in [-0.25, -0.2) is 9.18 Å². The van der Waals surface area contributed by atoms with Crippen LogP contribution in [0.5, 0.6) is 0 Å². The zero-order chi connectivity index (χ0) is 19.7. The van der Waals surface area contributed by atoms with Crippen molar-refractivity contribution in [3.63, 3.8) is 0 Å². The van der Waals surface area contributed by atoms with Crippen LogP contribution in [0, 0.1) is 11.2 Å². The van der Waals surface area contributed by atoms with Crippen LogP contribution in [0.3, 0.4) is 0 Å². The summed E-state index contributed by atoms with van der Waals surface area (Å²) < 4.78 is 12.9. The molecule has 7 heteroatoms. The summed E-state index contributed by atoms with van der Waals surface area (Å²) >= 11 is 0. The number of hydrogen-bond acceptors (Lipinski definition) is 3. The van der Waals surface area contributed by atoms with Gasteiger partial charge in [-0.05, 0) is 55.5 Å². The lowest BCUT2D eigenvalue weighted by Crippen LogP contribution is -2.52. The van der Waals surface area contributed by atoms with E-state index in [9.17, 15) is 14.0 Å². The summed E-state index contributed by atoms with van der Waals surface area (Å²) in [6.45, 7) is 6.99. The molecule has 1 aliphatic rings. The molecule has 150 valence electrons. The summed E-state index contributed by atoms with van der Waals surface area (Å²) in [6.07, 6.45) is 3.42. The molecule has 3 amide bonds. The summed E-state index contributed by atoms with van der Waals surface area (Å²) in [6, 6.07) is 4.97. The minimum atomic E-state index is -0.562. The van der Waals surface area contributed by atoms with E-state index in [0.717, 1.165) is 37.9 Å². The maximum Gasteiger partial charge on any atom is 0.315 e. The van der Waals surface area contributed by atoms with Crippen LogP contribution in [-0.2, 0) is 11.3 Å². The van der Waals surface area contributed by atoms with Gasteiger partial charge in [-0.15, -0.1) is 0 Å². The number of nitrogens with one attached hydrogen (secondary N) is 4. The van der Waals surface area contributed by atoms with Gasteiger partial charge in [0, 0.05) is 13.1 Å². The standard InChI is InChI=1S/C20H31FN4O2/c1-3-4-17(18(26)24-14-20(2)9-11-22-12-10-20)25-19(27)23-13-15-5-7-16(21)8-6-15/h5-8,17,22H,3-4,9-14H2,1-2H3,(H,24,26)(H2,23,25,27). The fourth-order valence-corrected chi connectivity index (χ4v) is 3.18. The molecule has 27 heavy (non-hydrogen) atoms. The molecular formula is C20H31FN4O2. The van der Waals surface area contributed by atoms with Crippen LogP contribution in [0.4, 0.5) is 9.18 Å². The van der Waals surface area contributed by atoms with Crippen LogP contribution in [-0.4, -0.2) is 37.6 Å². The molecule has 1 atom stereocenters. The van der Waals surface area contributed by atoms with Gasteiger partial charge in [0.25, 0.3) is 0 Å². The first-order chi connectivity index (χ1) is 12.9. The Balaban J connectivity index is 1.80. The Morgan fingerprint density at radius 2 is 1.85 bits per heavy atom. The van der Waals surface area contributed by atoms with Crippen molar-refractivity contribution in [1.29, 1.82) is 0 Å². The number of benzene rings is 1. The topological polar surface area (TPSA) is 82.3 Å². The number of amides is 3. The summed E-state index contributed by atoms with van der Waals surface area (Å²) in [5, 5.41) is 11.8. The number of carbonyl (C=O) groups is 2. The predicted molar refractivity (Wildman–Crippen MR) is 104 cm³/mol. The molecule has 1 aromatic rings. The minimum Gasteiger partial charge on any atom is -0.354 e. The van der Waals surface area contributed by atoms with E-state index in [1.54, 1.807) is 12.1 Å². The van der Waals surface area contributed by atoms with E-state index in [1.165, 1.54) is 12.1 Å². The lowest BCUT2D eigenvalue weighted by Gasteiger charge is -2.34. The van der Waals surface area contributed by atoms with Crippen molar-refractivity contribution in [3.8, 4) is 0 Å². The summed E-state index contributed by atoms with van der Waals surface area (Å²) in [5.74, 6) is -0.459. The summed E-state index contributed by atoms with van der Waals surface area (Å²) in [5.41, 5.74) is 0.893. The van der Waals surface area contributed by atoms with E-state index >= 15 is 0 Å². The molecule has 0 bridgehead atoms. The second-order valence-corrected chi connectivity index (χ2v) is 7.57. The largest absolute Gasteiger partial charge is 0.354 e. The molecular weight excluding hydrogens is 347 g/mol. The first-order valence-corrected chi connectivity index (χ1v) is 9.69. The van der Waals surface area contributed by atoms with Crippen molar-refractivity contribution in [2.45, 2.75) is 52.1 Å². The van der Waals surface area contributed by atoms with Crippen molar-refractivity contribution in [2.75, 3.05) is 19.6 Å². The molecule has 1 unspecified atom stereocenters. The molecule has 6 nitrogen and oxygen atoms in total. The van der Waals surface area contributed by atoms with Gasteiger partial charge in [0.1, 0.15) is 11.9 Å². The van der Waals surface area contributed by atoms with E-state index in [1.807, 2.05) is 6.92 Å². The van der Waals surface area contributed by atoms with E-state index in [-0.39, 0.29) is 23.7 Å². The van der Waals surface area contributed by atoms with Gasteiger partial charge in [0.05, 0.1) is 0 Å². The second kappa shape index (κ2) is 10.3. The Hall–Kier alpha value is -2.15. The average Bonchev–Trinajstić information content (AvgIpc) is 2.66. The van der Waals surface area contributed by atoms with Crippen LogP contribution in [0.1, 0.15) is 45.1 Å². The highest BCUT2D eigenvalue weighted by Gasteiger charge is 2.28. The average molecular weight is 378 g/mol. The zero-order valence-electron chi connectivity index (χ0n) is 16.2. The van der Waals surface area contributed by atoms with Crippen LogP contribution < -0.4 is 21.3 Å². The van der Waals surface area contributed by atoms with Gasteiger partial charge < -0.3 is 21.3 Å². The molecule has 1 aliphatic heterocycles. The number of halogens is 1. The van der Waals surface area contributed by atoms with Crippen molar-refractivity contribution in [2.24, 2.45) is 5.41 Å². The molecule has 1 heterocycles. The molecule has 1 fully saturated rings. The Morgan fingerprint density at radius 1 is 1.19 bits per heavy atom. The predicted octanol–water partition coefficient (Wildman–Crippen LogP) is 2.30. The Kier molecular flexibility index (Phi) is 8.03. The van der Waals surface area contributed by atoms with Crippen molar-refractivity contribution in [3.05, 3.63) is 35.6 Å². The number of hydrogen-bond donors (Lipinski definition) is 4. The van der Waals surface area contributed by atoms with E-state index in [4.69, 9.17) is 0 Å². The van der Waals surface area contributed by atoms with Gasteiger partial charge >= 0.3 is 6.03 Å². The highest BCUT2D eigenvalue weighted by molar-refractivity contribution is 5.87. The van der Waals surface area contributed by atoms with Crippen LogP contribution in [0.25, 0.3) is 0 Å².